The van der Waals surface area contributed by atoms with Crippen LogP contribution >= 0.6 is 0 Å². The van der Waals surface area contributed by atoms with E-state index in [2.05, 4.69) is 5.32 Å². The minimum absolute atomic E-state index is 0.0646. The largest absolute Gasteiger partial charge is 0.481 e. The van der Waals surface area contributed by atoms with Crippen LogP contribution in [0.5, 0.6) is 0 Å². The van der Waals surface area contributed by atoms with Crippen LogP contribution in [0.25, 0.3) is 0 Å². The van der Waals surface area contributed by atoms with Crippen molar-refractivity contribution in [2.45, 2.75) is 25.8 Å². The van der Waals surface area contributed by atoms with Crippen LogP contribution in [0.15, 0.2) is 24.3 Å². The lowest BCUT2D eigenvalue weighted by atomic mass is 10.1. The normalized spacial score (nSPS) is 21.9. The van der Waals surface area contributed by atoms with Crippen LogP contribution in [0.3, 0.4) is 0 Å². The van der Waals surface area contributed by atoms with Gasteiger partial charge in [-0.3, -0.25) is 9.59 Å². The highest BCUT2D eigenvalue weighted by Gasteiger charge is 2.44. The number of hydrogen-bond donors (Lipinski definition) is 2. The molecule has 0 unspecified atom stereocenters. The number of aliphatic carboxylic acids is 1. The van der Waals surface area contributed by atoms with Gasteiger partial charge < -0.3 is 10.4 Å². The molecule has 17 heavy (non-hydrogen) atoms. The van der Waals surface area contributed by atoms with Crippen LogP contribution in [0.1, 0.15) is 30.4 Å². The summed E-state index contributed by atoms with van der Waals surface area (Å²) in [6.45, 7) is 1.97. The smallest absolute Gasteiger partial charge is 0.307 e. The van der Waals surface area contributed by atoms with Crippen molar-refractivity contribution in [2.75, 3.05) is 0 Å². The average molecular weight is 233 g/mol. The van der Waals surface area contributed by atoms with Crippen LogP contribution in [-0.2, 0) is 16.1 Å². The quantitative estimate of drug-likeness (QED) is 0.828. The maximum Gasteiger partial charge on any atom is 0.307 e. The Labute approximate surface area is 99.6 Å². The molecule has 1 aromatic carbocycles. The number of carboxylic acid groups (broad SMARTS) is 1. The Kier molecular flexibility index (Phi) is 3.13. The topological polar surface area (TPSA) is 66.4 Å². The lowest BCUT2D eigenvalue weighted by molar-refractivity contribution is -0.138. The molecule has 1 aliphatic rings. The van der Waals surface area contributed by atoms with E-state index in [0.717, 1.165) is 17.5 Å². The molecule has 0 saturated heterocycles. The molecule has 90 valence electrons. The molecular formula is C13H15NO3. The minimum atomic E-state index is -0.720. The predicted octanol–water partition coefficient (Wildman–Crippen LogP) is 1.51. The molecule has 1 aromatic rings. The lowest BCUT2D eigenvalue weighted by Gasteiger charge is -2.05. The third-order valence-electron chi connectivity index (χ3n) is 3.03. The van der Waals surface area contributed by atoms with Gasteiger partial charge in [0.15, 0.2) is 0 Å². The first kappa shape index (κ1) is 11.6. The summed E-state index contributed by atoms with van der Waals surface area (Å²) >= 11 is 0. The van der Waals surface area contributed by atoms with Gasteiger partial charge in [0, 0.05) is 13.5 Å². The van der Waals surface area contributed by atoms with Gasteiger partial charge in [0.1, 0.15) is 0 Å². The fourth-order valence-electron chi connectivity index (χ4n) is 2.00. The number of rotatable bonds is 4. The van der Waals surface area contributed by atoms with Gasteiger partial charge in [0.05, 0.1) is 5.92 Å². The Morgan fingerprint density at radius 2 is 2.24 bits per heavy atom. The van der Waals surface area contributed by atoms with E-state index >= 15 is 0 Å². The van der Waals surface area contributed by atoms with Crippen LogP contribution in [-0.4, -0.2) is 17.0 Å². The molecule has 0 bridgehead atoms. The highest BCUT2D eigenvalue weighted by Crippen LogP contribution is 2.47. The Bertz CT molecular complexity index is 456. The molecule has 2 atom stereocenters. The van der Waals surface area contributed by atoms with Gasteiger partial charge in [-0.25, -0.2) is 0 Å². The standard InChI is InChI=1S/C13H15NO3/c1-8(15)14-7-9-3-2-4-10(5-9)11-6-12(11)13(16)17/h2-5,11-12H,6-7H2,1H3,(H,14,15)(H,16,17)/t11-,12+/m0/s1. The maximum absolute atomic E-state index is 10.8. The predicted molar refractivity (Wildman–Crippen MR) is 62.4 cm³/mol. The number of carbonyl (C=O) groups excluding carboxylic acids is 1. The van der Waals surface area contributed by atoms with Gasteiger partial charge in [-0.2, -0.15) is 0 Å². The van der Waals surface area contributed by atoms with Crippen molar-refractivity contribution in [3.8, 4) is 0 Å². The number of carbonyl (C=O) groups is 2. The molecule has 2 N–H and O–H groups in total. The summed E-state index contributed by atoms with van der Waals surface area (Å²) in [5, 5.41) is 11.6. The molecule has 2 rings (SSSR count). The third kappa shape index (κ3) is 2.84. The van der Waals surface area contributed by atoms with Crippen molar-refractivity contribution < 1.29 is 14.7 Å². The zero-order chi connectivity index (χ0) is 12.4. The first-order chi connectivity index (χ1) is 8.08. The van der Waals surface area contributed by atoms with Crippen molar-refractivity contribution in [2.24, 2.45) is 5.92 Å². The highest BCUT2D eigenvalue weighted by molar-refractivity contribution is 5.75. The molecular weight excluding hydrogens is 218 g/mol. The second-order valence-electron chi connectivity index (χ2n) is 4.44. The van der Waals surface area contributed by atoms with Crippen molar-refractivity contribution >= 4 is 11.9 Å². The molecule has 4 heteroatoms. The minimum Gasteiger partial charge on any atom is -0.481 e. The Morgan fingerprint density at radius 1 is 1.47 bits per heavy atom. The summed E-state index contributed by atoms with van der Waals surface area (Å²) < 4.78 is 0. The first-order valence-corrected chi connectivity index (χ1v) is 5.64. The van der Waals surface area contributed by atoms with Crippen LogP contribution in [0.2, 0.25) is 0 Å². The summed E-state index contributed by atoms with van der Waals surface area (Å²) in [4.78, 5) is 21.6. The zero-order valence-electron chi connectivity index (χ0n) is 9.64. The van der Waals surface area contributed by atoms with Gasteiger partial charge in [-0.05, 0) is 23.5 Å². The molecule has 1 aliphatic carbocycles. The molecule has 1 amide bonds. The number of nitrogens with one attached hydrogen (secondary N) is 1. The van der Waals surface area contributed by atoms with Gasteiger partial charge in [0.25, 0.3) is 0 Å². The number of hydrogen-bond acceptors (Lipinski definition) is 2. The van der Waals surface area contributed by atoms with Crippen molar-refractivity contribution in [1.29, 1.82) is 0 Å². The van der Waals surface area contributed by atoms with Crippen LogP contribution < -0.4 is 5.32 Å². The number of benzene rings is 1. The molecule has 1 fully saturated rings. The van der Waals surface area contributed by atoms with Gasteiger partial charge in [-0.1, -0.05) is 24.3 Å². The Balaban J connectivity index is 2.03. The molecule has 0 heterocycles. The van der Waals surface area contributed by atoms with Gasteiger partial charge in [-0.15, -0.1) is 0 Å². The van der Waals surface area contributed by atoms with E-state index in [0.29, 0.717) is 6.54 Å². The van der Waals surface area contributed by atoms with E-state index in [1.165, 1.54) is 6.92 Å². The monoisotopic (exact) mass is 233 g/mol. The number of amides is 1. The summed E-state index contributed by atoms with van der Waals surface area (Å²) in [6, 6.07) is 7.76. The van der Waals surface area contributed by atoms with Crippen molar-refractivity contribution in [1.82, 2.24) is 5.32 Å². The average Bonchev–Trinajstić information content (AvgIpc) is 3.06. The second-order valence-corrected chi connectivity index (χ2v) is 4.44. The third-order valence-corrected chi connectivity index (χ3v) is 3.03. The van der Waals surface area contributed by atoms with Gasteiger partial charge >= 0.3 is 5.97 Å². The maximum atomic E-state index is 10.8. The second kappa shape index (κ2) is 4.57. The molecule has 1 saturated carbocycles. The Hall–Kier alpha value is -1.84. The van der Waals surface area contributed by atoms with E-state index in [1.54, 1.807) is 0 Å². The van der Waals surface area contributed by atoms with E-state index in [-0.39, 0.29) is 17.7 Å². The fraction of sp³-hybridized carbons (Fsp3) is 0.385. The van der Waals surface area contributed by atoms with Crippen molar-refractivity contribution in [3.63, 3.8) is 0 Å². The molecule has 4 nitrogen and oxygen atoms in total. The molecule has 0 aromatic heterocycles. The van der Waals surface area contributed by atoms with Crippen LogP contribution in [0, 0.1) is 5.92 Å². The van der Waals surface area contributed by atoms with Gasteiger partial charge in [0.2, 0.25) is 5.91 Å². The summed E-state index contributed by atoms with van der Waals surface area (Å²) in [5.41, 5.74) is 2.06. The summed E-state index contributed by atoms with van der Waals surface area (Å²) in [7, 11) is 0. The fourth-order valence-corrected chi connectivity index (χ4v) is 2.00. The Morgan fingerprint density at radius 3 is 2.82 bits per heavy atom. The SMILES string of the molecule is CC(=O)NCc1cccc([C@@H]2C[C@H]2C(=O)O)c1. The van der Waals surface area contributed by atoms with Crippen molar-refractivity contribution in [3.05, 3.63) is 35.4 Å². The lowest BCUT2D eigenvalue weighted by Crippen LogP contribution is -2.18. The highest BCUT2D eigenvalue weighted by atomic mass is 16.4. The molecule has 0 aliphatic heterocycles. The summed E-state index contributed by atoms with van der Waals surface area (Å²) in [6.07, 6.45) is 0.721. The van der Waals surface area contributed by atoms with E-state index in [1.807, 2.05) is 24.3 Å². The molecule has 0 radical (unpaired) electrons. The number of carboxylic acids is 1. The first-order valence-electron chi connectivity index (χ1n) is 5.64. The van der Waals surface area contributed by atoms with E-state index in [4.69, 9.17) is 5.11 Å². The van der Waals surface area contributed by atoms with E-state index < -0.39 is 5.97 Å². The summed E-state index contributed by atoms with van der Waals surface area (Å²) in [5.74, 6) is -0.872. The van der Waals surface area contributed by atoms with Crippen LogP contribution in [0.4, 0.5) is 0 Å². The van der Waals surface area contributed by atoms with E-state index in [9.17, 15) is 9.59 Å². The molecule has 0 spiro atoms. The zero-order valence-corrected chi connectivity index (χ0v) is 9.64.